The van der Waals surface area contributed by atoms with Gasteiger partial charge < -0.3 is 20.3 Å². The maximum absolute atomic E-state index is 13.0. The van der Waals surface area contributed by atoms with E-state index in [1.807, 2.05) is 0 Å². The Morgan fingerprint density at radius 1 is 1.25 bits per heavy atom. The van der Waals surface area contributed by atoms with Crippen LogP contribution in [-0.2, 0) is 9.53 Å². The quantitative estimate of drug-likeness (QED) is 0.840. The van der Waals surface area contributed by atoms with Crippen molar-refractivity contribution in [1.29, 1.82) is 0 Å². The number of carbonyl (C=O) groups is 2. The van der Waals surface area contributed by atoms with Crippen molar-refractivity contribution >= 4 is 35.1 Å². The lowest BCUT2D eigenvalue weighted by Gasteiger charge is -2.38. The summed E-state index contributed by atoms with van der Waals surface area (Å²) >= 11 is 12.0. The highest BCUT2D eigenvalue weighted by atomic mass is 35.5. The maximum Gasteiger partial charge on any atom is 0.319 e. The number of amides is 3. The second-order valence-corrected chi connectivity index (χ2v) is 6.50. The summed E-state index contributed by atoms with van der Waals surface area (Å²) in [5, 5.41) is 6.16. The zero-order valence-electron chi connectivity index (χ0n) is 12.9. The average molecular weight is 370 g/mol. The molecule has 2 aliphatic rings. The van der Waals surface area contributed by atoms with Crippen LogP contribution in [0.5, 0.6) is 0 Å². The normalized spacial score (nSPS) is 24.3. The van der Waals surface area contributed by atoms with Gasteiger partial charge in [0.25, 0.3) is 0 Å². The monoisotopic (exact) mass is 369 g/mol. The summed E-state index contributed by atoms with van der Waals surface area (Å²) in [6, 6.07) is 4.09. The van der Waals surface area contributed by atoms with Crippen LogP contribution in [0.25, 0.3) is 0 Å². The summed E-state index contributed by atoms with van der Waals surface area (Å²) in [6.45, 7) is 5.91. The third-order valence-electron chi connectivity index (χ3n) is 4.16. The first kappa shape index (κ1) is 17.1. The van der Waals surface area contributed by atoms with Crippen LogP contribution in [0.1, 0.15) is 11.6 Å². The minimum absolute atomic E-state index is 0.105. The Bertz CT molecular complexity index is 689. The lowest BCUT2D eigenvalue weighted by molar-refractivity contribution is -0.139. The standard InChI is InChI=1S/C16H17Cl2N3O3/c1-9-13(15(22)21-4-6-24-7-5-21)14(20-16(23)19-9)10-2-3-11(17)12(18)8-10/h2-3,8,13-14H,1,4-7H2,(H2,19,20,23)/t13-,14+/m0/s1. The van der Waals surface area contributed by atoms with E-state index in [1.165, 1.54) is 0 Å². The first-order valence-corrected chi connectivity index (χ1v) is 8.31. The van der Waals surface area contributed by atoms with E-state index in [4.69, 9.17) is 27.9 Å². The van der Waals surface area contributed by atoms with E-state index in [1.54, 1.807) is 23.1 Å². The van der Waals surface area contributed by atoms with Crippen molar-refractivity contribution in [3.63, 3.8) is 0 Å². The molecule has 0 saturated carbocycles. The van der Waals surface area contributed by atoms with Crippen LogP contribution in [0.2, 0.25) is 10.0 Å². The average Bonchev–Trinajstić information content (AvgIpc) is 2.57. The Labute approximate surface area is 149 Å². The second kappa shape index (κ2) is 7.01. The predicted octanol–water partition coefficient (Wildman–Crippen LogP) is 2.34. The van der Waals surface area contributed by atoms with Crippen molar-refractivity contribution in [1.82, 2.24) is 15.5 Å². The Morgan fingerprint density at radius 3 is 2.62 bits per heavy atom. The largest absolute Gasteiger partial charge is 0.378 e. The molecule has 0 aliphatic carbocycles. The topological polar surface area (TPSA) is 70.7 Å². The molecular formula is C16H17Cl2N3O3. The summed E-state index contributed by atoms with van der Waals surface area (Å²) in [4.78, 5) is 26.6. The number of morpholine rings is 1. The lowest BCUT2D eigenvalue weighted by atomic mass is 9.87. The van der Waals surface area contributed by atoms with E-state index in [-0.39, 0.29) is 5.91 Å². The molecule has 1 aromatic rings. The fraction of sp³-hybridized carbons (Fsp3) is 0.375. The van der Waals surface area contributed by atoms with Crippen molar-refractivity contribution in [3.05, 3.63) is 46.1 Å². The van der Waals surface area contributed by atoms with Crippen LogP contribution >= 0.6 is 23.2 Å². The molecule has 0 unspecified atom stereocenters. The van der Waals surface area contributed by atoms with Crippen LogP contribution in [0.15, 0.2) is 30.5 Å². The molecule has 0 aromatic heterocycles. The first-order valence-electron chi connectivity index (χ1n) is 7.55. The van der Waals surface area contributed by atoms with Gasteiger partial charge in [-0.1, -0.05) is 35.8 Å². The summed E-state index contributed by atoms with van der Waals surface area (Å²) in [7, 11) is 0. The van der Waals surface area contributed by atoms with E-state index in [9.17, 15) is 9.59 Å². The van der Waals surface area contributed by atoms with Gasteiger partial charge in [0.1, 0.15) is 5.92 Å². The highest BCUT2D eigenvalue weighted by Crippen LogP contribution is 2.34. The Kier molecular flexibility index (Phi) is 4.99. The van der Waals surface area contributed by atoms with Crippen LogP contribution in [0, 0.1) is 5.92 Å². The highest BCUT2D eigenvalue weighted by Gasteiger charge is 2.40. The molecular weight excluding hydrogens is 353 g/mol. The van der Waals surface area contributed by atoms with Gasteiger partial charge in [0.2, 0.25) is 5.91 Å². The molecule has 0 radical (unpaired) electrons. The smallest absolute Gasteiger partial charge is 0.319 e. The minimum atomic E-state index is -0.627. The van der Waals surface area contributed by atoms with Crippen molar-refractivity contribution in [2.24, 2.45) is 5.92 Å². The number of hydrogen-bond acceptors (Lipinski definition) is 3. The third kappa shape index (κ3) is 3.36. The van der Waals surface area contributed by atoms with Gasteiger partial charge in [-0.25, -0.2) is 4.79 Å². The number of ether oxygens (including phenoxy) is 1. The van der Waals surface area contributed by atoms with Crippen molar-refractivity contribution < 1.29 is 14.3 Å². The number of benzene rings is 1. The van der Waals surface area contributed by atoms with Crippen LogP contribution < -0.4 is 10.6 Å². The number of halogens is 2. The fourth-order valence-electron chi connectivity index (χ4n) is 2.94. The van der Waals surface area contributed by atoms with Crippen LogP contribution in [-0.4, -0.2) is 43.1 Å². The van der Waals surface area contributed by atoms with E-state index in [2.05, 4.69) is 17.2 Å². The zero-order valence-corrected chi connectivity index (χ0v) is 14.4. The Morgan fingerprint density at radius 2 is 1.96 bits per heavy atom. The van der Waals surface area contributed by atoms with Gasteiger partial charge in [0.05, 0.1) is 29.3 Å². The summed E-state index contributed by atoms with van der Waals surface area (Å²) < 4.78 is 5.29. The molecule has 8 heteroatoms. The SMILES string of the molecule is C=C1NC(=O)N[C@H](c2ccc(Cl)c(Cl)c2)[C@H]1C(=O)N1CCOCC1. The molecule has 0 spiro atoms. The third-order valence-corrected chi connectivity index (χ3v) is 4.90. The number of nitrogens with zero attached hydrogens (tertiary/aromatic N) is 1. The van der Waals surface area contributed by atoms with Crippen LogP contribution in [0.3, 0.4) is 0 Å². The summed E-state index contributed by atoms with van der Waals surface area (Å²) in [5.74, 6) is -0.732. The summed E-state index contributed by atoms with van der Waals surface area (Å²) in [6.07, 6.45) is 0. The summed E-state index contributed by atoms with van der Waals surface area (Å²) in [5.41, 5.74) is 1.07. The Balaban J connectivity index is 1.92. The van der Waals surface area contributed by atoms with Crippen molar-refractivity contribution in [2.75, 3.05) is 26.3 Å². The molecule has 2 heterocycles. The molecule has 2 N–H and O–H groups in total. The molecule has 2 fully saturated rings. The molecule has 6 nitrogen and oxygen atoms in total. The molecule has 2 aliphatic heterocycles. The molecule has 3 amide bonds. The van der Waals surface area contributed by atoms with Crippen molar-refractivity contribution in [3.8, 4) is 0 Å². The van der Waals surface area contributed by atoms with Gasteiger partial charge in [0, 0.05) is 18.8 Å². The number of hydrogen-bond donors (Lipinski definition) is 2. The fourth-order valence-corrected chi connectivity index (χ4v) is 3.25. The van der Waals surface area contributed by atoms with E-state index >= 15 is 0 Å². The molecule has 24 heavy (non-hydrogen) atoms. The van der Waals surface area contributed by atoms with Gasteiger partial charge in [-0.3, -0.25) is 4.79 Å². The molecule has 2 saturated heterocycles. The number of urea groups is 1. The molecule has 2 atom stereocenters. The Hall–Kier alpha value is -1.76. The van der Waals surface area contributed by atoms with Crippen LogP contribution in [0.4, 0.5) is 4.79 Å². The second-order valence-electron chi connectivity index (χ2n) is 5.69. The molecule has 0 bridgehead atoms. The lowest BCUT2D eigenvalue weighted by Crippen LogP contribution is -2.55. The molecule has 128 valence electrons. The van der Waals surface area contributed by atoms with Gasteiger partial charge in [-0.05, 0) is 17.7 Å². The number of nitrogens with one attached hydrogen (secondary N) is 2. The van der Waals surface area contributed by atoms with E-state index in [0.717, 1.165) is 0 Å². The van der Waals surface area contributed by atoms with Gasteiger partial charge in [-0.15, -0.1) is 0 Å². The van der Waals surface area contributed by atoms with Gasteiger partial charge in [0.15, 0.2) is 0 Å². The van der Waals surface area contributed by atoms with E-state index in [0.29, 0.717) is 47.6 Å². The first-order chi connectivity index (χ1) is 11.5. The van der Waals surface area contributed by atoms with Crippen molar-refractivity contribution in [2.45, 2.75) is 6.04 Å². The number of rotatable bonds is 2. The zero-order chi connectivity index (χ0) is 17.3. The van der Waals surface area contributed by atoms with Gasteiger partial charge in [-0.2, -0.15) is 0 Å². The molecule has 1 aromatic carbocycles. The highest BCUT2D eigenvalue weighted by molar-refractivity contribution is 6.42. The minimum Gasteiger partial charge on any atom is -0.378 e. The maximum atomic E-state index is 13.0. The number of carbonyl (C=O) groups excluding carboxylic acids is 2. The van der Waals surface area contributed by atoms with Gasteiger partial charge >= 0.3 is 6.03 Å². The van der Waals surface area contributed by atoms with E-state index < -0.39 is 18.0 Å². The predicted molar refractivity (Wildman–Crippen MR) is 90.9 cm³/mol. The molecule has 3 rings (SSSR count).